The second-order valence-corrected chi connectivity index (χ2v) is 10.6. The number of aryl methyl sites for hydroxylation is 1. The van der Waals surface area contributed by atoms with Gasteiger partial charge >= 0.3 is 6.18 Å². The highest BCUT2D eigenvalue weighted by Gasteiger charge is 2.48. The maximum absolute atomic E-state index is 13.4. The van der Waals surface area contributed by atoms with Crippen molar-refractivity contribution in [1.29, 1.82) is 0 Å². The van der Waals surface area contributed by atoms with E-state index in [2.05, 4.69) is 36.0 Å². The van der Waals surface area contributed by atoms with Crippen molar-refractivity contribution in [3.05, 3.63) is 71.7 Å². The molecule has 7 nitrogen and oxygen atoms in total. The van der Waals surface area contributed by atoms with E-state index in [1.165, 1.54) is 51.9 Å². The van der Waals surface area contributed by atoms with E-state index < -0.39 is 11.6 Å². The number of pyridine rings is 1. The number of rotatable bonds is 9. The summed E-state index contributed by atoms with van der Waals surface area (Å²) in [6.07, 6.45) is 2.07. The first-order chi connectivity index (χ1) is 18.6. The van der Waals surface area contributed by atoms with Crippen LogP contribution in [0, 0.1) is 6.92 Å². The molecule has 0 unspecified atom stereocenters. The number of alkyl halides is 3. The molecular weight excluding hydrogens is 505 g/mol. The highest BCUT2D eigenvalue weighted by atomic mass is 19.4. The Kier molecular flexibility index (Phi) is 7.48. The van der Waals surface area contributed by atoms with Crippen LogP contribution in [0.4, 0.5) is 19.0 Å². The SMILES string of the molecule is Cc1cc(-c2nc(-c3ccc(C(C)(C)C(F)(F)F)cc3)no2)cn1Cc1ccc(NCCN2CCCC2)nc1. The van der Waals surface area contributed by atoms with E-state index in [1.54, 1.807) is 12.1 Å². The number of hydrogen-bond donors (Lipinski definition) is 1. The summed E-state index contributed by atoms with van der Waals surface area (Å²) >= 11 is 0. The third kappa shape index (κ3) is 6.00. The molecule has 0 aliphatic carbocycles. The standard InChI is InChI=1S/C29H33F3N6O/c1-20-16-23(19-38(20)18-21-6-11-25(34-17-21)33-12-15-37-13-4-5-14-37)27-35-26(36-39-27)22-7-9-24(10-8-22)28(2,3)29(30,31)32/h6-11,16-17,19H,4-5,12-15,18H2,1-3H3,(H,33,34). The smallest absolute Gasteiger partial charge is 0.369 e. The van der Waals surface area contributed by atoms with Crippen molar-refractivity contribution < 1.29 is 17.7 Å². The topological polar surface area (TPSA) is 72.0 Å². The van der Waals surface area contributed by atoms with Crippen LogP contribution in [0.1, 0.15) is 43.5 Å². The van der Waals surface area contributed by atoms with Crippen molar-refractivity contribution >= 4 is 5.82 Å². The Hall–Kier alpha value is -3.66. The van der Waals surface area contributed by atoms with E-state index >= 15 is 0 Å². The monoisotopic (exact) mass is 538 g/mol. The molecule has 1 fully saturated rings. The van der Waals surface area contributed by atoms with Gasteiger partial charge in [-0.25, -0.2) is 4.98 Å². The van der Waals surface area contributed by atoms with Crippen LogP contribution in [0.25, 0.3) is 22.8 Å². The largest absolute Gasteiger partial charge is 0.397 e. The maximum Gasteiger partial charge on any atom is 0.397 e. The number of anilines is 1. The van der Waals surface area contributed by atoms with Gasteiger partial charge in [-0.15, -0.1) is 0 Å². The van der Waals surface area contributed by atoms with Gasteiger partial charge in [0.1, 0.15) is 5.82 Å². The number of nitrogens with zero attached hydrogens (tertiary/aromatic N) is 5. The van der Waals surface area contributed by atoms with Gasteiger partial charge in [0.05, 0.1) is 11.0 Å². The lowest BCUT2D eigenvalue weighted by Crippen LogP contribution is -2.36. The zero-order chi connectivity index (χ0) is 27.6. The van der Waals surface area contributed by atoms with Gasteiger partial charge in [-0.05, 0) is 70.0 Å². The number of benzene rings is 1. The second-order valence-electron chi connectivity index (χ2n) is 10.6. The average molecular weight is 539 g/mol. The molecule has 5 rings (SSSR count). The minimum Gasteiger partial charge on any atom is -0.369 e. The van der Waals surface area contributed by atoms with Crippen LogP contribution in [0.2, 0.25) is 0 Å². The van der Waals surface area contributed by atoms with Crippen LogP contribution < -0.4 is 5.32 Å². The van der Waals surface area contributed by atoms with Crippen molar-refractivity contribution in [3.63, 3.8) is 0 Å². The first kappa shape index (κ1) is 26.9. The van der Waals surface area contributed by atoms with Crippen LogP contribution in [0.15, 0.2) is 59.4 Å². The van der Waals surface area contributed by atoms with Gasteiger partial charge in [0.25, 0.3) is 5.89 Å². The highest BCUT2D eigenvalue weighted by Crippen LogP contribution is 2.40. The molecule has 3 aromatic heterocycles. The number of likely N-dealkylation sites (tertiary alicyclic amines) is 1. The van der Waals surface area contributed by atoms with Crippen molar-refractivity contribution in [3.8, 4) is 22.8 Å². The summed E-state index contributed by atoms with van der Waals surface area (Å²) in [5.41, 5.74) is 1.68. The summed E-state index contributed by atoms with van der Waals surface area (Å²) in [6.45, 7) is 9.27. The number of aromatic nitrogens is 4. The van der Waals surface area contributed by atoms with Crippen LogP contribution in [0.3, 0.4) is 0 Å². The third-order valence-corrected chi connectivity index (χ3v) is 7.47. The van der Waals surface area contributed by atoms with Crippen LogP contribution in [-0.2, 0) is 12.0 Å². The van der Waals surface area contributed by atoms with Gasteiger partial charge < -0.3 is 19.3 Å². The summed E-state index contributed by atoms with van der Waals surface area (Å²) < 4.78 is 47.7. The minimum absolute atomic E-state index is 0.176. The van der Waals surface area contributed by atoms with E-state index in [0.717, 1.165) is 35.7 Å². The number of nitrogens with one attached hydrogen (secondary N) is 1. The summed E-state index contributed by atoms with van der Waals surface area (Å²) in [7, 11) is 0. The van der Waals surface area contributed by atoms with Crippen LogP contribution in [-0.4, -0.2) is 56.9 Å². The molecule has 4 heterocycles. The Balaban J connectivity index is 1.22. The summed E-state index contributed by atoms with van der Waals surface area (Å²) in [5.74, 6) is 1.54. The van der Waals surface area contributed by atoms with Crippen molar-refractivity contribution in [2.45, 2.75) is 51.7 Å². The summed E-state index contributed by atoms with van der Waals surface area (Å²) in [5, 5.41) is 7.44. The maximum atomic E-state index is 13.4. The molecule has 0 spiro atoms. The fourth-order valence-electron chi connectivity index (χ4n) is 4.73. The molecule has 0 radical (unpaired) electrons. The fourth-order valence-corrected chi connectivity index (χ4v) is 4.73. The van der Waals surface area contributed by atoms with Crippen molar-refractivity contribution in [1.82, 2.24) is 24.6 Å². The van der Waals surface area contributed by atoms with Gasteiger partial charge in [-0.1, -0.05) is 35.5 Å². The molecule has 1 saturated heterocycles. The van der Waals surface area contributed by atoms with E-state index in [4.69, 9.17) is 4.52 Å². The first-order valence-electron chi connectivity index (χ1n) is 13.2. The van der Waals surface area contributed by atoms with Gasteiger partial charge in [0.15, 0.2) is 0 Å². The Labute approximate surface area is 226 Å². The molecular formula is C29H33F3N6O. The Morgan fingerprint density at radius 3 is 2.41 bits per heavy atom. The molecule has 0 amide bonds. The third-order valence-electron chi connectivity index (χ3n) is 7.47. The number of hydrogen-bond acceptors (Lipinski definition) is 6. The molecule has 1 aromatic carbocycles. The summed E-state index contributed by atoms with van der Waals surface area (Å²) in [6, 6.07) is 12.1. The molecule has 0 bridgehead atoms. The molecule has 0 saturated carbocycles. The molecule has 0 atom stereocenters. The van der Waals surface area contributed by atoms with E-state index in [1.807, 2.05) is 31.5 Å². The fraction of sp³-hybridized carbons (Fsp3) is 0.414. The Bertz CT molecular complexity index is 1380. The number of halogens is 3. The molecule has 39 heavy (non-hydrogen) atoms. The molecule has 1 N–H and O–H groups in total. The summed E-state index contributed by atoms with van der Waals surface area (Å²) in [4.78, 5) is 11.5. The van der Waals surface area contributed by atoms with E-state index in [9.17, 15) is 13.2 Å². The molecule has 4 aromatic rings. The van der Waals surface area contributed by atoms with Gasteiger partial charge in [0.2, 0.25) is 5.82 Å². The van der Waals surface area contributed by atoms with Crippen molar-refractivity contribution in [2.75, 3.05) is 31.5 Å². The molecule has 10 heteroatoms. The predicted molar refractivity (Wildman–Crippen MR) is 144 cm³/mol. The normalized spacial score (nSPS) is 14.7. The zero-order valence-electron chi connectivity index (χ0n) is 22.4. The lowest BCUT2D eigenvalue weighted by molar-refractivity contribution is -0.180. The van der Waals surface area contributed by atoms with Crippen LogP contribution >= 0.6 is 0 Å². The predicted octanol–water partition coefficient (Wildman–Crippen LogP) is 6.30. The average Bonchev–Trinajstić information content (AvgIpc) is 3.67. The quantitative estimate of drug-likeness (QED) is 0.270. The van der Waals surface area contributed by atoms with Gasteiger partial charge in [0, 0.05) is 43.3 Å². The highest BCUT2D eigenvalue weighted by molar-refractivity contribution is 5.60. The van der Waals surface area contributed by atoms with Gasteiger partial charge in [-0.2, -0.15) is 18.2 Å². The lowest BCUT2D eigenvalue weighted by atomic mass is 9.83. The molecule has 206 valence electrons. The second kappa shape index (κ2) is 10.8. The van der Waals surface area contributed by atoms with Crippen LogP contribution in [0.5, 0.6) is 0 Å². The first-order valence-corrected chi connectivity index (χ1v) is 13.2. The molecule has 1 aliphatic rings. The lowest BCUT2D eigenvalue weighted by Gasteiger charge is -2.28. The molecule has 1 aliphatic heterocycles. The van der Waals surface area contributed by atoms with E-state index in [0.29, 0.717) is 23.8 Å². The minimum atomic E-state index is -4.35. The van der Waals surface area contributed by atoms with E-state index in [-0.39, 0.29) is 5.56 Å². The zero-order valence-corrected chi connectivity index (χ0v) is 22.4. The van der Waals surface area contributed by atoms with Crippen molar-refractivity contribution in [2.24, 2.45) is 0 Å². The Morgan fingerprint density at radius 2 is 1.74 bits per heavy atom. The van der Waals surface area contributed by atoms with Gasteiger partial charge in [-0.3, -0.25) is 0 Å². The Morgan fingerprint density at radius 1 is 1.00 bits per heavy atom.